The summed E-state index contributed by atoms with van der Waals surface area (Å²) >= 11 is 0. The van der Waals surface area contributed by atoms with Crippen LogP contribution in [0.2, 0.25) is 0 Å². The minimum Gasteiger partial charge on any atom is -0.310 e. The molecule has 1 saturated carbocycles. The molecule has 122 valence electrons. The van der Waals surface area contributed by atoms with E-state index in [0.717, 1.165) is 5.92 Å². The van der Waals surface area contributed by atoms with Gasteiger partial charge in [-0.15, -0.1) is 0 Å². The fourth-order valence-corrected chi connectivity index (χ4v) is 4.15. The second-order valence-electron chi connectivity index (χ2n) is 7.33. The number of nitrogens with one attached hydrogen (secondary N) is 1. The highest BCUT2D eigenvalue weighted by atomic mass is 14.9. The molecule has 1 N–H and O–H groups in total. The summed E-state index contributed by atoms with van der Waals surface area (Å²) in [5, 5.41) is 3.89. The molecular weight excluding hydrogens is 254 g/mol. The molecule has 0 aliphatic heterocycles. The SMILES string of the molecule is CCCNC(CC1CCCCCC1)C1=CCCCCCC1. The maximum absolute atomic E-state index is 3.89. The molecule has 1 nitrogen and oxygen atoms in total. The van der Waals surface area contributed by atoms with Crippen molar-refractivity contribution in [3.8, 4) is 0 Å². The molecule has 1 fully saturated rings. The molecular formula is C20H37N. The number of hydrogen-bond acceptors (Lipinski definition) is 1. The first-order chi connectivity index (χ1) is 10.4. The van der Waals surface area contributed by atoms with Gasteiger partial charge in [-0.05, 0) is 51.0 Å². The number of rotatable bonds is 6. The minimum absolute atomic E-state index is 0.686. The Kier molecular flexibility index (Phi) is 8.47. The van der Waals surface area contributed by atoms with Crippen molar-refractivity contribution >= 4 is 0 Å². The van der Waals surface area contributed by atoms with Crippen molar-refractivity contribution in [1.82, 2.24) is 5.32 Å². The maximum atomic E-state index is 3.89. The highest BCUT2D eigenvalue weighted by Crippen LogP contribution is 2.30. The van der Waals surface area contributed by atoms with Gasteiger partial charge in [0.15, 0.2) is 0 Å². The Balaban J connectivity index is 1.94. The lowest BCUT2D eigenvalue weighted by Gasteiger charge is -2.27. The van der Waals surface area contributed by atoms with Gasteiger partial charge in [-0.25, -0.2) is 0 Å². The van der Waals surface area contributed by atoms with Crippen molar-refractivity contribution in [3.05, 3.63) is 11.6 Å². The van der Waals surface area contributed by atoms with Crippen molar-refractivity contribution in [2.75, 3.05) is 6.54 Å². The lowest BCUT2D eigenvalue weighted by molar-refractivity contribution is 0.367. The molecule has 2 aliphatic rings. The summed E-state index contributed by atoms with van der Waals surface area (Å²) in [6.07, 6.45) is 22.5. The first-order valence-electron chi connectivity index (χ1n) is 9.82. The first-order valence-corrected chi connectivity index (χ1v) is 9.82. The molecule has 1 atom stereocenters. The van der Waals surface area contributed by atoms with Crippen molar-refractivity contribution in [2.24, 2.45) is 5.92 Å². The van der Waals surface area contributed by atoms with Crippen LogP contribution in [0.4, 0.5) is 0 Å². The van der Waals surface area contributed by atoms with Gasteiger partial charge in [-0.1, -0.05) is 69.9 Å². The third-order valence-electron chi connectivity index (χ3n) is 5.46. The lowest BCUT2D eigenvalue weighted by Crippen LogP contribution is -2.34. The molecule has 2 rings (SSSR count). The van der Waals surface area contributed by atoms with Gasteiger partial charge in [-0.3, -0.25) is 0 Å². The lowest BCUT2D eigenvalue weighted by atomic mass is 9.86. The highest BCUT2D eigenvalue weighted by molar-refractivity contribution is 5.12. The zero-order chi connectivity index (χ0) is 14.8. The molecule has 2 aliphatic carbocycles. The van der Waals surface area contributed by atoms with Gasteiger partial charge in [0, 0.05) is 6.04 Å². The molecule has 0 aromatic heterocycles. The number of hydrogen-bond donors (Lipinski definition) is 1. The second kappa shape index (κ2) is 10.4. The van der Waals surface area contributed by atoms with Crippen molar-refractivity contribution in [2.45, 2.75) is 103 Å². The smallest absolute Gasteiger partial charge is 0.0282 e. The summed E-state index contributed by atoms with van der Waals surface area (Å²) in [4.78, 5) is 0. The van der Waals surface area contributed by atoms with E-state index in [-0.39, 0.29) is 0 Å². The van der Waals surface area contributed by atoms with E-state index >= 15 is 0 Å². The zero-order valence-electron chi connectivity index (χ0n) is 14.3. The zero-order valence-corrected chi connectivity index (χ0v) is 14.3. The van der Waals surface area contributed by atoms with Crippen LogP contribution < -0.4 is 5.32 Å². The van der Waals surface area contributed by atoms with Gasteiger partial charge in [0.25, 0.3) is 0 Å². The molecule has 0 radical (unpaired) electrons. The topological polar surface area (TPSA) is 12.0 Å². The van der Waals surface area contributed by atoms with Gasteiger partial charge < -0.3 is 5.32 Å². The van der Waals surface area contributed by atoms with Crippen LogP contribution in [0.5, 0.6) is 0 Å². The monoisotopic (exact) mass is 291 g/mol. The van der Waals surface area contributed by atoms with E-state index in [1.807, 2.05) is 0 Å². The van der Waals surface area contributed by atoms with Crippen LogP contribution in [0.3, 0.4) is 0 Å². The molecule has 0 bridgehead atoms. The van der Waals surface area contributed by atoms with E-state index in [1.54, 1.807) is 5.57 Å². The predicted molar refractivity (Wildman–Crippen MR) is 93.7 cm³/mol. The Morgan fingerprint density at radius 2 is 1.71 bits per heavy atom. The largest absolute Gasteiger partial charge is 0.310 e. The van der Waals surface area contributed by atoms with Crippen molar-refractivity contribution in [3.63, 3.8) is 0 Å². The summed E-state index contributed by atoms with van der Waals surface area (Å²) in [7, 11) is 0. The standard InChI is InChI=1S/C20H37N/c1-2-16-21-20(17-18-12-8-6-7-9-13-18)19-14-10-4-3-5-11-15-19/h14,18,20-21H,2-13,15-17H2,1H3. The van der Waals surface area contributed by atoms with E-state index in [2.05, 4.69) is 18.3 Å². The minimum atomic E-state index is 0.686. The van der Waals surface area contributed by atoms with Crippen LogP contribution in [0, 0.1) is 5.92 Å². The molecule has 0 saturated heterocycles. The molecule has 0 spiro atoms. The molecule has 0 aromatic carbocycles. The summed E-state index contributed by atoms with van der Waals surface area (Å²) in [6.45, 7) is 3.48. The van der Waals surface area contributed by atoms with E-state index in [1.165, 1.54) is 96.4 Å². The second-order valence-corrected chi connectivity index (χ2v) is 7.33. The Bertz CT molecular complexity index is 286. The van der Waals surface area contributed by atoms with Crippen LogP contribution in [-0.2, 0) is 0 Å². The van der Waals surface area contributed by atoms with Gasteiger partial charge in [0.2, 0.25) is 0 Å². The Labute approximate surface area is 133 Å². The summed E-state index contributed by atoms with van der Waals surface area (Å²) in [5.74, 6) is 0.980. The van der Waals surface area contributed by atoms with Gasteiger partial charge in [-0.2, -0.15) is 0 Å². The molecule has 1 heteroatoms. The van der Waals surface area contributed by atoms with Gasteiger partial charge in [0.05, 0.1) is 0 Å². The Morgan fingerprint density at radius 1 is 1.00 bits per heavy atom. The summed E-state index contributed by atoms with van der Waals surface area (Å²) in [5.41, 5.74) is 1.76. The molecule has 0 amide bonds. The van der Waals surface area contributed by atoms with Crippen LogP contribution in [0.25, 0.3) is 0 Å². The maximum Gasteiger partial charge on any atom is 0.0282 e. The van der Waals surface area contributed by atoms with Gasteiger partial charge >= 0.3 is 0 Å². The molecule has 1 unspecified atom stereocenters. The quantitative estimate of drug-likeness (QED) is 0.468. The highest BCUT2D eigenvalue weighted by Gasteiger charge is 2.20. The third kappa shape index (κ3) is 6.55. The Hall–Kier alpha value is -0.300. The van der Waals surface area contributed by atoms with E-state index < -0.39 is 0 Å². The normalized spacial score (nSPS) is 23.8. The Morgan fingerprint density at radius 3 is 2.48 bits per heavy atom. The van der Waals surface area contributed by atoms with E-state index in [0.29, 0.717) is 6.04 Å². The van der Waals surface area contributed by atoms with E-state index in [9.17, 15) is 0 Å². The fourth-order valence-electron chi connectivity index (χ4n) is 4.15. The third-order valence-corrected chi connectivity index (χ3v) is 5.46. The summed E-state index contributed by atoms with van der Waals surface area (Å²) in [6, 6.07) is 0.686. The van der Waals surface area contributed by atoms with Crippen molar-refractivity contribution < 1.29 is 0 Å². The van der Waals surface area contributed by atoms with Crippen LogP contribution in [0.15, 0.2) is 11.6 Å². The van der Waals surface area contributed by atoms with Crippen LogP contribution >= 0.6 is 0 Å². The molecule has 0 heterocycles. The molecule has 21 heavy (non-hydrogen) atoms. The van der Waals surface area contributed by atoms with Crippen LogP contribution in [0.1, 0.15) is 96.8 Å². The predicted octanol–water partition coefficient (Wildman–Crippen LogP) is 6.00. The summed E-state index contributed by atoms with van der Waals surface area (Å²) < 4.78 is 0. The van der Waals surface area contributed by atoms with Gasteiger partial charge in [0.1, 0.15) is 0 Å². The fraction of sp³-hybridized carbons (Fsp3) is 0.900. The molecule has 0 aromatic rings. The van der Waals surface area contributed by atoms with Crippen molar-refractivity contribution in [1.29, 1.82) is 0 Å². The number of allylic oxidation sites excluding steroid dienone is 1. The first kappa shape index (κ1) is 17.1. The van der Waals surface area contributed by atoms with Crippen LogP contribution in [-0.4, -0.2) is 12.6 Å². The average molecular weight is 292 g/mol. The average Bonchev–Trinajstić information content (AvgIpc) is 2.72. The van der Waals surface area contributed by atoms with E-state index in [4.69, 9.17) is 0 Å².